The number of carbonyl (C=O) groups is 3. The van der Waals surface area contributed by atoms with Gasteiger partial charge >= 0.3 is 6.09 Å². The lowest BCUT2D eigenvalue weighted by atomic mass is 9.96. The number of hydrogen-bond acceptors (Lipinski definition) is 7. The van der Waals surface area contributed by atoms with Crippen LogP contribution in [-0.2, 0) is 19.6 Å². The summed E-state index contributed by atoms with van der Waals surface area (Å²) >= 11 is 12.1. The Morgan fingerprint density at radius 3 is 2.20 bits per heavy atom. The van der Waals surface area contributed by atoms with Crippen molar-refractivity contribution in [3.8, 4) is 11.5 Å². The highest BCUT2D eigenvalue weighted by Crippen LogP contribution is 2.35. The standard InChI is InChI=1S/C32H36Cl2N4O7S/c1-32(2,3)45-31(41)38-18-14-22(15-19-38)30(40)36-17-16-35-29(39)21-8-11-24(12-9-21)46(42,43)37-26-6-4-5-7-28(26)44-27-13-10-23(33)20-25(27)34/h4-13,20,22,37H,14-19H2,1-3H3,(H,35,39)(H,36,40). The molecule has 0 unspecified atom stereocenters. The molecule has 0 bridgehead atoms. The molecule has 0 radical (unpaired) electrons. The van der Waals surface area contributed by atoms with Gasteiger partial charge in [0.15, 0.2) is 5.75 Å². The summed E-state index contributed by atoms with van der Waals surface area (Å²) in [6.07, 6.45) is 0.667. The highest BCUT2D eigenvalue weighted by Gasteiger charge is 2.29. The Morgan fingerprint density at radius 2 is 1.54 bits per heavy atom. The fourth-order valence-electron chi connectivity index (χ4n) is 4.56. The number of hydrogen-bond donors (Lipinski definition) is 3. The number of nitrogens with zero attached hydrogens (tertiary/aromatic N) is 1. The second kappa shape index (κ2) is 15.1. The zero-order valence-corrected chi connectivity index (χ0v) is 28.0. The second-order valence-corrected chi connectivity index (χ2v) is 14.1. The Kier molecular flexibility index (Phi) is 11.4. The number of sulfonamides is 1. The van der Waals surface area contributed by atoms with Crippen molar-refractivity contribution in [2.24, 2.45) is 5.92 Å². The molecule has 0 spiro atoms. The highest BCUT2D eigenvalue weighted by molar-refractivity contribution is 7.92. The first-order chi connectivity index (χ1) is 21.7. The van der Waals surface area contributed by atoms with E-state index in [0.717, 1.165) is 0 Å². The van der Waals surface area contributed by atoms with Crippen molar-refractivity contribution < 1.29 is 32.3 Å². The van der Waals surface area contributed by atoms with E-state index >= 15 is 0 Å². The molecule has 1 fully saturated rings. The van der Waals surface area contributed by atoms with Crippen LogP contribution in [0, 0.1) is 5.92 Å². The van der Waals surface area contributed by atoms with Gasteiger partial charge in [0.05, 0.1) is 15.6 Å². The lowest BCUT2D eigenvalue weighted by Crippen LogP contribution is -2.45. The van der Waals surface area contributed by atoms with Crippen molar-refractivity contribution in [3.63, 3.8) is 0 Å². The van der Waals surface area contributed by atoms with Crippen LogP contribution in [0.1, 0.15) is 44.0 Å². The number of benzene rings is 3. The maximum absolute atomic E-state index is 13.1. The SMILES string of the molecule is CC(C)(C)OC(=O)N1CCC(C(=O)NCCNC(=O)c2ccc(S(=O)(=O)Nc3ccccc3Oc3ccc(Cl)cc3Cl)cc2)CC1. The Bertz CT molecular complexity index is 1670. The van der Waals surface area contributed by atoms with E-state index in [4.69, 9.17) is 32.7 Å². The van der Waals surface area contributed by atoms with Gasteiger partial charge in [-0.05, 0) is 88.2 Å². The molecule has 3 aromatic rings. The molecule has 4 rings (SSSR count). The van der Waals surface area contributed by atoms with E-state index in [0.29, 0.717) is 36.7 Å². The van der Waals surface area contributed by atoms with Crippen molar-refractivity contribution in [3.05, 3.63) is 82.3 Å². The quantitative estimate of drug-likeness (QED) is 0.219. The largest absolute Gasteiger partial charge is 0.454 e. The maximum atomic E-state index is 13.1. The van der Waals surface area contributed by atoms with Gasteiger partial charge in [0, 0.05) is 42.7 Å². The van der Waals surface area contributed by atoms with E-state index in [1.807, 2.05) is 20.8 Å². The van der Waals surface area contributed by atoms with Crippen molar-refractivity contribution in [2.75, 3.05) is 30.9 Å². The van der Waals surface area contributed by atoms with Crippen LogP contribution in [0.2, 0.25) is 10.0 Å². The molecular weight excluding hydrogens is 655 g/mol. The van der Waals surface area contributed by atoms with Crippen LogP contribution in [0.15, 0.2) is 71.6 Å². The third kappa shape index (κ3) is 9.75. The molecule has 11 nitrogen and oxygen atoms in total. The van der Waals surface area contributed by atoms with Gasteiger partial charge in [0.1, 0.15) is 11.4 Å². The molecule has 14 heteroatoms. The van der Waals surface area contributed by atoms with Gasteiger partial charge in [0.25, 0.3) is 15.9 Å². The minimum absolute atomic E-state index is 0.0617. The van der Waals surface area contributed by atoms with Gasteiger partial charge in [-0.2, -0.15) is 0 Å². The number of piperidine rings is 1. The molecule has 246 valence electrons. The lowest BCUT2D eigenvalue weighted by molar-refractivity contribution is -0.126. The van der Waals surface area contributed by atoms with Gasteiger partial charge in [-0.15, -0.1) is 0 Å². The Labute approximate surface area is 278 Å². The van der Waals surface area contributed by atoms with Crippen LogP contribution in [0.25, 0.3) is 0 Å². The molecule has 1 aliphatic rings. The summed E-state index contributed by atoms with van der Waals surface area (Å²) in [5.74, 6) is -0.261. The predicted molar refractivity (Wildman–Crippen MR) is 176 cm³/mol. The van der Waals surface area contributed by atoms with Gasteiger partial charge in [-0.25, -0.2) is 13.2 Å². The minimum Gasteiger partial charge on any atom is -0.454 e. The van der Waals surface area contributed by atoms with Gasteiger partial charge in [-0.3, -0.25) is 14.3 Å². The molecule has 46 heavy (non-hydrogen) atoms. The zero-order chi connectivity index (χ0) is 33.5. The van der Waals surface area contributed by atoms with Gasteiger partial charge in [0.2, 0.25) is 5.91 Å². The first-order valence-electron chi connectivity index (χ1n) is 14.6. The molecular formula is C32H36Cl2N4O7S. The molecule has 0 aromatic heterocycles. The molecule has 3 aromatic carbocycles. The average Bonchev–Trinajstić information content (AvgIpc) is 3.00. The van der Waals surface area contributed by atoms with Crippen LogP contribution in [-0.4, -0.2) is 63.0 Å². The summed E-state index contributed by atoms with van der Waals surface area (Å²) in [6.45, 7) is 6.69. The number of para-hydroxylation sites is 2. The number of rotatable bonds is 10. The molecule has 1 saturated heterocycles. The number of nitrogens with one attached hydrogen (secondary N) is 3. The first-order valence-corrected chi connectivity index (χ1v) is 16.8. The fraction of sp³-hybridized carbons (Fsp3) is 0.344. The molecule has 1 heterocycles. The number of halogens is 2. The first kappa shape index (κ1) is 34.9. The van der Waals surface area contributed by atoms with E-state index in [1.165, 1.54) is 30.3 Å². The monoisotopic (exact) mass is 690 g/mol. The fourth-order valence-corrected chi connectivity index (χ4v) is 6.08. The molecule has 0 atom stereocenters. The zero-order valence-electron chi connectivity index (χ0n) is 25.6. The van der Waals surface area contributed by atoms with Crippen molar-refractivity contribution in [2.45, 2.75) is 44.1 Å². The molecule has 0 saturated carbocycles. The molecule has 1 aliphatic heterocycles. The highest BCUT2D eigenvalue weighted by atomic mass is 35.5. The van der Waals surface area contributed by atoms with Crippen molar-refractivity contribution in [1.29, 1.82) is 0 Å². The number of anilines is 1. The summed E-state index contributed by atoms with van der Waals surface area (Å²) < 4.78 is 40.0. The number of amides is 3. The number of ether oxygens (including phenoxy) is 2. The number of carbonyl (C=O) groups excluding carboxylic acids is 3. The van der Waals surface area contributed by atoms with Crippen LogP contribution in [0.4, 0.5) is 10.5 Å². The minimum atomic E-state index is -4.04. The lowest BCUT2D eigenvalue weighted by Gasteiger charge is -2.32. The summed E-state index contributed by atoms with van der Waals surface area (Å²) in [4.78, 5) is 39.0. The van der Waals surface area contributed by atoms with Crippen LogP contribution in [0.5, 0.6) is 11.5 Å². The van der Waals surface area contributed by atoms with Crippen LogP contribution < -0.4 is 20.1 Å². The van der Waals surface area contributed by atoms with Crippen molar-refractivity contribution >= 4 is 56.8 Å². The Morgan fingerprint density at radius 1 is 0.891 bits per heavy atom. The Balaban J connectivity index is 1.24. The molecule has 0 aliphatic carbocycles. The summed E-state index contributed by atoms with van der Waals surface area (Å²) in [5.41, 5.74) is -0.142. The van der Waals surface area contributed by atoms with Crippen LogP contribution >= 0.6 is 23.2 Å². The van der Waals surface area contributed by atoms with E-state index in [9.17, 15) is 22.8 Å². The molecule has 3 N–H and O–H groups in total. The smallest absolute Gasteiger partial charge is 0.410 e. The third-order valence-electron chi connectivity index (χ3n) is 6.90. The normalized spacial score (nSPS) is 13.9. The predicted octanol–water partition coefficient (Wildman–Crippen LogP) is 6.08. The van der Waals surface area contributed by atoms with Crippen molar-refractivity contribution in [1.82, 2.24) is 15.5 Å². The van der Waals surface area contributed by atoms with Crippen LogP contribution in [0.3, 0.4) is 0 Å². The van der Waals surface area contributed by atoms with E-state index < -0.39 is 21.5 Å². The summed E-state index contributed by atoms with van der Waals surface area (Å²) in [5, 5.41) is 6.23. The van der Waals surface area contributed by atoms with E-state index in [-0.39, 0.29) is 57.9 Å². The third-order valence-corrected chi connectivity index (χ3v) is 8.81. The molecule has 3 amide bonds. The van der Waals surface area contributed by atoms with Gasteiger partial charge < -0.3 is 25.0 Å². The summed E-state index contributed by atoms with van der Waals surface area (Å²) in [7, 11) is -4.04. The average molecular weight is 692 g/mol. The second-order valence-electron chi connectivity index (χ2n) is 11.6. The van der Waals surface area contributed by atoms with E-state index in [2.05, 4.69) is 15.4 Å². The summed E-state index contributed by atoms with van der Waals surface area (Å²) in [6, 6.07) is 16.6. The maximum Gasteiger partial charge on any atom is 0.410 e. The van der Waals surface area contributed by atoms with Gasteiger partial charge in [-0.1, -0.05) is 35.3 Å². The Hall–Kier alpha value is -4.00. The van der Waals surface area contributed by atoms with E-state index in [1.54, 1.807) is 41.3 Å². The number of likely N-dealkylation sites (tertiary alicyclic amines) is 1. The topological polar surface area (TPSA) is 143 Å².